The number of unbranched alkanes of at least 4 members (excludes halogenated alkanes) is 3. The first-order valence-electron chi connectivity index (χ1n) is 7.52. The Morgan fingerprint density at radius 1 is 1.00 bits per heavy atom. The molecule has 0 aliphatic heterocycles. The number of hydrogen-bond acceptors (Lipinski definition) is 0. The van der Waals surface area contributed by atoms with Crippen LogP contribution in [0.25, 0.3) is 5.69 Å². The molecule has 2 heteroatoms. The number of nitrogens with zero attached hydrogens (tertiary/aromatic N) is 2. The van der Waals surface area contributed by atoms with E-state index >= 15 is 0 Å². The lowest BCUT2D eigenvalue weighted by molar-refractivity contribution is -0.703. The predicted octanol–water partition coefficient (Wildman–Crippen LogP) is 3.91. The van der Waals surface area contributed by atoms with Gasteiger partial charge in [0.2, 0.25) is 0 Å². The highest BCUT2D eigenvalue weighted by molar-refractivity contribution is 5.31. The van der Waals surface area contributed by atoms with Gasteiger partial charge in [0, 0.05) is 6.42 Å². The summed E-state index contributed by atoms with van der Waals surface area (Å²) in [7, 11) is 0. The molecule has 2 aromatic rings. The van der Waals surface area contributed by atoms with Gasteiger partial charge in [-0.2, -0.15) is 4.57 Å². The van der Waals surface area contributed by atoms with Crippen molar-refractivity contribution >= 4 is 0 Å². The van der Waals surface area contributed by atoms with Crippen molar-refractivity contribution < 1.29 is 4.57 Å². The van der Waals surface area contributed by atoms with E-state index < -0.39 is 0 Å². The molecule has 0 amide bonds. The number of rotatable bonds is 7. The molecule has 0 aliphatic rings. The second-order valence-corrected chi connectivity index (χ2v) is 5.03. The third kappa shape index (κ3) is 3.46. The van der Waals surface area contributed by atoms with E-state index in [4.69, 9.17) is 0 Å². The highest BCUT2D eigenvalue weighted by Gasteiger charge is 2.16. The lowest BCUT2D eigenvalue weighted by Crippen LogP contribution is -2.36. The normalized spacial score (nSPS) is 10.8. The predicted molar refractivity (Wildman–Crippen MR) is 79.5 cm³/mol. The van der Waals surface area contributed by atoms with E-state index in [2.05, 4.69) is 65.7 Å². The van der Waals surface area contributed by atoms with Crippen molar-refractivity contribution in [3.05, 3.63) is 48.5 Å². The zero-order valence-electron chi connectivity index (χ0n) is 12.2. The Labute approximate surface area is 116 Å². The molecule has 2 nitrogen and oxygen atoms in total. The van der Waals surface area contributed by atoms with Gasteiger partial charge in [0.15, 0.2) is 0 Å². The zero-order chi connectivity index (χ0) is 13.5. The molecule has 0 unspecified atom stereocenters. The monoisotopic (exact) mass is 257 g/mol. The summed E-state index contributed by atoms with van der Waals surface area (Å²) in [4.78, 5) is 0. The van der Waals surface area contributed by atoms with Gasteiger partial charge in [-0.3, -0.25) is 0 Å². The molecule has 1 aromatic carbocycles. The molecule has 2 rings (SSSR count). The first kappa shape index (κ1) is 13.9. The molecule has 0 N–H and O–H groups in total. The number of imidazole rings is 1. The summed E-state index contributed by atoms with van der Waals surface area (Å²) in [5.74, 6) is 1.39. The number of aromatic nitrogens is 2. The molecular formula is C17H25N2+. The highest BCUT2D eigenvalue weighted by atomic mass is 15.1. The van der Waals surface area contributed by atoms with Crippen molar-refractivity contribution in [3.8, 4) is 5.69 Å². The summed E-state index contributed by atoms with van der Waals surface area (Å²) >= 11 is 0. The van der Waals surface area contributed by atoms with Crippen LogP contribution in [0.3, 0.4) is 0 Å². The molecule has 0 bridgehead atoms. The fraction of sp³-hybridized carbons (Fsp3) is 0.471. The van der Waals surface area contributed by atoms with Crippen LogP contribution in [0.15, 0.2) is 42.7 Å². The molecule has 0 saturated carbocycles. The summed E-state index contributed by atoms with van der Waals surface area (Å²) in [5, 5.41) is 0. The average Bonchev–Trinajstić information content (AvgIpc) is 2.87. The number of aryl methyl sites for hydroxylation is 1. The van der Waals surface area contributed by atoms with Gasteiger partial charge in [-0.15, -0.1) is 0 Å². The second kappa shape index (κ2) is 7.13. The summed E-state index contributed by atoms with van der Waals surface area (Å²) in [5.41, 5.74) is 1.26. The van der Waals surface area contributed by atoms with Crippen molar-refractivity contribution in [2.24, 2.45) is 0 Å². The van der Waals surface area contributed by atoms with Crippen LogP contribution in [0.2, 0.25) is 0 Å². The van der Waals surface area contributed by atoms with Crippen LogP contribution in [0.5, 0.6) is 0 Å². The van der Waals surface area contributed by atoms with Crippen LogP contribution >= 0.6 is 0 Å². The lowest BCUT2D eigenvalue weighted by Gasteiger charge is -2.03. The second-order valence-electron chi connectivity index (χ2n) is 5.03. The molecule has 0 atom stereocenters. The zero-order valence-corrected chi connectivity index (χ0v) is 12.2. The largest absolute Gasteiger partial charge is 0.261 e. The number of hydrogen-bond donors (Lipinski definition) is 0. The fourth-order valence-corrected chi connectivity index (χ4v) is 2.57. The van der Waals surface area contributed by atoms with Crippen molar-refractivity contribution in [1.82, 2.24) is 4.57 Å². The highest BCUT2D eigenvalue weighted by Crippen LogP contribution is 2.10. The van der Waals surface area contributed by atoms with Crippen molar-refractivity contribution in [2.75, 3.05) is 0 Å². The molecule has 1 aromatic heterocycles. The van der Waals surface area contributed by atoms with Crippen LogP contribution in [0.4, 0.5) is 0 Å². The summed E-state index contributed by atoms with van der Waals surface area (Å²) < 4.78 is 4.71. The van der Waals surface area contributed by atoms with E-state index in [1.165, 1.54) is 37.2 Å². The Bertz CT molecular complexity index is 485. The van der Waals surface area contributed by atoms with Gasteiger partial charge < -0.3 is 0 Å². The van der Waals surface area contributed by atoms with Gasteiger partial charge in [-0.1, -0.05) is 44.9 Å². The topological polar surface area (TPSA) is 8.81 Å². The first-order valence-corrected chi connectivity index (χ1v) is 7.52. The molecule has 102 valence electrons. The molecule has 0 spiro atoms. The van der Waals surface area contributed by atoms with E-state index in [9.17, 15) is 0 Å². The smallest absolute Gasteiger partial charge is 0.234 e. The Morgan fingerprint density at radius 3 is 2.47 bits per heavy atom. The quantitative estimate of drug-likeness (QED) is 0.525. The molecule has 0 aliphatic carbocycles. The van der Waals surface area contributed by atoms with Gasteiger partial charge in [-0.05, 0) is 25.0 Å². The number of para-hydroxylation sites is 1. The average molecular weight is 257 g/mol. The van der Waals surface area contributed by atoms with E-state index in [-0.39, 0.29) is 0 Å². The Kier molecular flexibility index (Phi) is 5.20. The molecule has 1 heterocycles. The van der Waals surface area contributed by atoms with Crippen molar-refractivity contribution in [3.63, 3.8) is 0 Å². The van der Waals surface area contributed by atoms with Crippen LogP contribution in [-0.4, -0.2) is 4.57 Å². The van der Waals surface area contributed by atoms with Crippen LogP contribution in [-0.2, 0) is 13.0 Å². The maximum absolute atomic E-state index is 2.41. The van der Waals surface area contributed by atoms with Gasteiger partial charge in [0.25, 0.3) is 5.82 Å². The van der Waals surface area contributed by atoms with Gasteiger partial charge in [-0.25, -0.2) is 4.57 Å². The SMILES string of the molecule is CCCCCC[n+]1ccn(-c2ccccc2)c1CC. The summed E-state index contributed by atoms with van der Waals surface area (Å²) in [6.45, 7) is 5.64. The Hall–Kier alpha value is -1.57. The van der Waals surface area contributed by atoms with E-state index in [0.29, 0.717) is 0 Å². The maximum Gasteiger partial charge on any atom is 0.261 e. The standard InChI is InChI=1S/C17H25N2/c1-3-5-6-10-13-18-14-15-19(17(18)4-2)16-11-8-7-9-12-16/h7-9,11-12,14-15H,3-6,10,13H2,1-2H3/q+1. The van der Waals surface area contributed by atoms with Crippen molar-refractivity contribution in [1.29, 1.82) is 0 Å². The summed E-state index contributed by atoms with van der Waals surface area (Å²) in [6, 6.07) is 10.6. The number of benzene rings is 1. The molecule has 19 heavy (non-hydrogen) atoms. The van der Waals surface area contributed by atoms with E-state index in [0.717, 1.165) is 13.0 Å². The molecule has 0 radical (unpaired) electrons. The fourth-order valence-electron chi connectivity index (χ4n) is 2.57. The minimum absolute atomic E-state index is 1.07. The van der Waals surface area contributed by atoms with Gasteiger partial charge >= 0.3 is 0 Å². The van der Waals surface area contributed by atoms with Crippen molar-refractivity contribution in [2.45, 2.75) is 52.5 Å². The minimum atomic E-state index is 1.07. The van der Waals surface area contributed by atoms with Crippen LogP contribution in [0.1, 0.15) is 45.4 Å². The Balaban J connectivity index is 2.12. The maximum atomic E-state index is 2.41. The van der Waals surface area contributed by atoms with Gasteiger partial charge in [0.05, 0.1) is 6.54 Å². The Morgan fingerprint density at radius 2 is 1.79 bits per heavy atom. The summed E-state index contributed by atoms with van der Waals surface area (Å²) in [6.07, 6.45) is 10.7. The molecule has 0 saturated heterocycles. The first-order chi connectivity index (χ1) is 9.36. The van der Waals surface area contributed by atoms with Crippen LogP contribution < -0.4 is 4.57 Å². The third-order valence-electron chi connectivity index (χ3n) is 3.61. The molecular weight excluding hydrogens is 232 g/mol. The van der Waals surface area contributed by atoms with Gasteiger partial charge in [0.1, 0.15) is 18.1 Å². The molecule has 0 fully saturated rings. The lowest BCUT2D eigenvalue weighted by atomic mass is 10.2. The van der Waals surface area contributed by atoms with Crippen LogP contribution in [0, 0.1) is 0 Å². The third-order valence-corrected chi connectivity index (χ3v) is 3.61. The van der Waals surface area contributed by atoms with E-state index in [1.54, 1.807) is 0 Å². The van der Waals surface area contributed by atoms with E-state index in [1.807, 2.05) is 0 Å². The minimum Gasteiger partial charge on any atom is -0.234 e.